The van der Waals surface area contributed by atoms with Crippen LogP contribution in [0.4, 0.5) is 0 Å². The van der Waals surface area contributed by atoms with E-state index >= 15 is 0 Å². The van der Waals surface area contributed by atoms with Crippen LogP contribution < -0.4 is 10.6 Å². The summed E-state index contributed by atoms with van der Waals surface area (Å²) in [5.41, 5.74) is 3.69. The lowest BCUT2D eigenvalue weighted by molar-refractivity contribution is 0.499. The van der Waals surface area contributed by atoms with Gasteiger partial charge in [0, 0.05) is 36.8 Å². The zero-order valence-corrected chi connectivity index (χ0v) is 17.5. The second-order valence-electron chi connectivity index (χ2n) is 6.59. The summed E-state index contributed by atoms with van der Waals surface area (Å²) in [7, 11) is 0. The zero-order chi connectivity index (χ0) is 16.9. The molecule has 0 saturated carbocycles. The SMILES string of the molecule is CCNC(=NCc1ccoc1)NC1CCc2cn(C(C)C)nc2C1.I. The minimum Gasteiger partial charge on any atom is -0.472 e. The number of aromatic nitrogens is 2. The second kappa shape index (κ2) is 9.26. The van der Waals surface area contributed by atoms with Gasteiger partial charge in [-0.15, -0.1) is 24.0 Å². The van der Waals surface area contributed by atoms with Crippen molar-refractivity contribution in [1.29, 1.82) is 0 Å². The minimum absolute atomic E-state index is 0. The van der Waals surface area contributed by atoms with Gasteiger partial charge in [-0.25, -0.2) is 4.99 Å². The van der Waals surface area contributed by atoms with Crippen LogP contribution in [0.15, 0.2) is 34.2 Å². The van der Waals surface area contributed by atoms with Crippen molar-refractivity contribution in [2.24, 2.45) is 4.99 Å². The molecule has 1 unspecified atom stereocenters. The first-order valence-electron chi connectivity index (χ1n) is 8.78. The first-order valence-corrected chi connectivity index (χ1v) is 8.78. The fraction of sp³-hybridized carbons (Fsp3) is 0.556. The van der Waals surface area contributed by atoms with Gasteiger partial charge in [0.05, 0.1) is 24.8 Å². The van der Waals surface area contributed by atoms with E-state index in [9.17, 15) is 0 Å². The normalized spacial score (nSPS) is 17.1. The van der Waals surface area contributed by atoms with Crippen LogP contribution in [-0.2, 0) is 19.4 Å². The highest BCUT2D eigenvalue weighted by Gasteiger charge is 2.22. The van der Waals surface area contributed by atoms with E-state index < -0.39 is 0 Å². The smallest absolute Gasteiger partial charge is 0.191 e. The van der Waals surface area contributed by atoms with Crippen molar-refractivity contribution >= 4 is 29.9 Å². The topological polar surface area (TPSA) is 67.4 Å². The summed E-state index contributed by atoms with van der Waals surface area (Å²) >= 11 is 0. The Bertz CT molecular complexity index is 678. The molecule has 2 N–H and O–H groups in total. The Kier molecular flexibility index (Phi) is 7.34. The molecule has 25 heavy (non-hydrogen) atoms. The predicted octanol–water partition coefficient (Wildman–Crippen LogP) is 3.29. The number of halogens is 1. The molecule has 0 aliphatic heterocycles. The average Bonchev–Trinajstić information content (AvgIpc) is 3.21. The number of hydrogen-bond donors (Lipinski definition) is 2. The summed E-state index contributed by atoms with van der Waals surface area (Å²) in [6.07, 6.45) is 8.74. The van der Waals surface area contributed by atoms with Crippen LogP contribution in [0.25, 0.3) is 0 Å². The van der Waals surface area contributed by atoms with E-state index in [-0.39, 0.29) is 24.0 Å². The number of nitrogens with one attached hydrogen (secondary N) is 2. The molecule has 1 aliphatic carbocycles. The molecule has 6 nitrogen and oxygen atoms in total. The van der Waals surface area contributed by atoms with Crippen molar-refractivity contribution in [3.05, 3.63) is 41.6 Å². The van der Waals surface area contributed by atoms with Crippen LogP contribution in [0.5, 0.6) is 0 Å². The number of fused-ring (bicyclic) bond motifs is 1. The van der Waals surface area contributed by atoms with E-state index in [4.69, 9.17) is 9.52 Å². The van der Waals surface area contributed by atoms with Crippen molar-refractivity contribution in [3.63, 3.8) is 0 Å². The number of aliphatic imine (C=N–C) groups is 1. The maximum atomic E-state index is 5.10. The lowest BCUT2D eigenvalue weighted by Gasteiger charge is -2.24. The Morgan fingerprint density at radius 1 is 1.48 bits per heavy atom. The summed E-state index contributed by atoms with van der Waals surface area (Å²) in [6.45, 7) is 7.88. The second-order valence-corrected chi connectivity index (χ2v) is 6.59. The van der Waals surface area contributed by atoms with Gasteiger partial charge in [0.1, 0.15) is 0 Å². The molecule has 0 spiro atoms. The molecule has 0 bridgehead atoms. The standard InChI is InChI=1S/C18H27N5O.HI/c1-4-19-18(20-10-14-7-8-24-12-14)21-16-6-5-15-11-23(13(2)3)22-17(15)9-16;/h7-8,11-13,16H,4-6,9-10H2,1-3H3,(H2,19,20,21);1H. The molecule has 7 heteroatoms. The predicted molar refractivity (Wildman–Crippen MR) is 110 cm³/mol. The highest BCUT2D eigenvalue weighted by atomic mass is 127. The van der Waals surface area contributed by atoms with Crippen molar-refractivity contribution in [1.82, 2.24) is 20.4 Å². The Hall–Kier alpha value is -1.51. The van der Waals surface area contributed by atoms with Gasteiger partial charge < -0.3 is 15.1 Å². The summed E-state index contributed by atoms with van der Waals surface area (Å²) in [6, 6.07) is 2.73. The van der Waals surface area contributed by atoms with Crippen molar-refractivity contribution < 1.29 is 4.42 Å². The Balaban J connectivity index is 0.00000225. The van der Waals surface area contributed by atoms with Crippen LogP contribution in [0.1, 0.15) is 50.1 Å². The molecule has 2 aromatic rings. The highest BCUT2D eigenvalue weighted by Crippen LogP contribution is 2.21. The molecule has 1 atom stereocenters. The van der Waals surface area contributed by atoms with E-state index in [1.54, 1.807) is 12.5 Å². The molecule has 2 heterocycles. The average molecular weight is 457 g/mol. The summed E-state index contributed by atoms with van der Waals surface area (Å²) in [5, 5.41) is 11.6. The van der Waals surface area contributed by atoms with Crippen LogP contribution in [0.2, 0.25) is 0 Å². The molecule has 0 aromatic carbocycles. The van der Waals surface area contributed by atoms with Gasteiger partial charge >= 0.3 is 0 Å². The largest absolute Gasteiger partial charge is 0.472 e. The Morgan fingerprint density at radius 2 is 2.32 bits per heavy atom. The quantitative estimate of drug-likeness (QED) is 0.411. The van der Waals surface area contributed by atoms with Crippen LogP contribution in [-0.4, -0.2) is 28.3 Å². The third-order valence-corrected chi connectivity index (χ3v) is 4.31. The zero-order valence-electron chi connectivity index (χ0n) is 15.2. The fourth-order valence-corrected chi connectivity index (χ4v) is 2.97. The van der Waals surface area contributed by atoms with Crippen molar-refractivity contribution in [2.75, 3.05) is 6.54 Å². The lowest BCUT2D eigenvalue weighted by Crippen LogP contribution is -2.45. The number of rotatable bonds is 5. The van der Waals surface area contributed by atoms with Gasteiger partial charge in [-0.2, -0.15) is 5.10 Å². The third-order valence-electron chi connectivity index (χ3n) is 4.31. The number of nitrogens with zero attached hydrogens (tertiary/aromatic N) is 3. The van der Waals surface area contributed by atoms with Crippen LogP contribution in [0.3, 0.4) is 0 Å². The van der Waals surface area contributed by atoms with Gasteiger partial charge in [-0.1, -0.05) is 0 Å². The van der Waals surface area contributed by atoms with E-state index in [2.05, 4.69) is 47.3 Å². The van der Waals surface area contributed by atoms with Gasteiger partial charge in [-0.05, 0) is 45.2 Å². The number of hydrogen-bond acceptors (Lipinski definition) is 3. The van der Waals surface area contributed by atoms with Crippen molar-refractivity contribution in [3.8, 4) is 0 Å². The monoisotopic (exact) mass is 457 g/mol. The first kappa shape index (κ1) is 19.8. The molecule has 138 valence electrons. The van der Waals surface area contributed by atoms with E-state index in [1.165, 1.54) is 11.3 Å². The van der Waals surface area contributed by atoms with Crippen LogP contribution >= 0.6 is 24.0 Å². The molecular weight excluding hydrogens is 429 g/mol. The Morgan fingerprint density at radius 3 is 3.00 bits per heavy atom. The number of aryl methyl sites for hydroxylation is 1. The highest BCUT2D eigenvalue weighted by molar-refractivity contribution is 14.0. The maximum Gasteiger partial charge on any atom is 0.191 e. The van der Waals surface area contributed by atoms with Gasteiger partial charge in [0.15, 0.2) is 5.96 Å². The molecule has 1 aliphatic rings. The first-order chi connectivity index (χ1) is 11.7. The van der Waals surface area contributed by atoms with Gasteiger partial charge in [-0.3, -0.25) is 4.68 Å². The minimum atomic E-state index is 0. The molecule has 0 radical (unpaired) electrons. The molecular formula is C18H28IN5O. The molecule has 2 aromatic heterocycles. The fourth-order valence-electron chi connectivity index (χ4n) is 2.97. The molecule has 3 rings (SSSR count). The summed E-state index contributed by atoms with van der Waals surface area (Å²) in [5.74, 6) is 0.857. The van der Waals surface area contributed by atoms with E-state index in [0.29, 0.717) is 18.6 Å². The summed E-state index contributed by atoms with van der Waals surface area (Å²) < 4.78 is 7.17. The molecule has 0 fully saturated rings. The van der Waals surface area contributed by atoms with Gasteiger partial charge in [0.2, 0.25) is 0 Å². The van der Waals surface area contributed by atoms with E-state index in [0.717, 1.165) is 37.3 Å². The maximum absolute atomic E-state index is 5.10. The molecule has 0 saturated heterocycles. The lowest BCUT2D eigenvalue weighted by atomic mass is 9.94. The van der Waals surface area contributed by atoms with Crippen molar-refractivity contribution in [2.45, 2.75) is 58.7 Å². The van der Waals surface area contributed by atoms with E-state index in [1.807, 2.05) is 6.07 Å². The van der Waals surface area contributed by atoms with Crippen LogP contribution in [0, 0.1) is 0 Å². The Labute approximate surface area is 166 Å². The third kappa shape index (κ3) is 5.23. The van der Waals surface area contributed by atoms with Gasteiger partial charge in [0.25, 0.3) is 0 Å². The summed E-state index contributed by atoms with van der Waals surface area (Å²) in [4.78, 5) is 4.65. The number of furan rings is 1. The number of guanidine groups is 1. The molecule has 0 amide bonds.